The van der Waals surface area contributed by atoms with Crippen LogP contribution in [0.4, 0.5) is 9.57 Å². The molecule has 9 heteroatoms. The van der Waals surface area contributed by atoms with Crippen molar-refractivity contribution in [2.45, 2.75) is 18.6 Å². The smallest absolute Gasteiger partial charge is 0.359 e. The summed E-state index contributed by atoms with van der Waals surface area (Å²) in [5, 5.41) is -1.43. The molecule has 0 bridgehead atoms. The van der Waals surface area contributed by atoms with Crippen LogP contribution in [-0.4, -0.2) is 43.7 Å². The maximum atomic E-state index is 13.0. The van der Waals surface area contributed by atoms with Crippen molar-refractivity contribution in [3.63, 3.8) is 0 Å². The number of hydrogen-bond acceptors (Lipinski definition) is 6. The van der Waals surface area contributed by atoms with Crippen LogP contribution < -0.4 is 4.90 Å². The molecule has 2 rings (SSSR count). The van der Waals surface area contributed by atoms with Gasteiger partial charge >= 0.3 is 16.2 Å². The average molecular weight is 316 g/mol. The second-order valence-corrected chi connectivity index (χ2v) is 6.02. The van der Waals surface area contributed by atoms with Crippen molar-refractivity contribution >= 4 is 27.8 Å². The van der Waals surface area contributed by atoms with E-state index in [1.165, 1.54) is 18.3 Å². The highest BCUT2D eigenvalue weighted by Crippen LogP contribution is 2.28. The first kappa shape index (κ1) is 15.4. The predicted molar refractivity (Wildman–Crippen MR) is 71.0 cm³/mol. The third-order valence-electron chi connectivity index (χ3n) is 3.03. The fraction of sp³-hybridized carbons (Fsp3) is 0.417. The summed E-state index contributed by atoms with van der Waals surface area (Å²) in [6, 6.07) is 2.92. The average Bonchev–Trinajstić information content (AvgIpc) is 2.81. The SMILES string of the molecule is CCOC(=O)c1ncccc1N1CC(S(=O)(=O)F)CC1=O. The Kier molecular flexibility index (Phi) is 4.21. The van der Waals surface area contributed by atoms with E-state index < -0.39 is 33.8 Å². The number of rotatable bonds is 4. The fourth-order valence-electron chi connectivity index (χ4n) is 2.07. The first-order valence-electron chi connectivity index (χ1n) is 6.20. The van der Waals surface area contributed by atoms with E-state index >= 15 is 0 Å². The van der Waals surface area contributed by atoms with Crippen LogP contribution in [0.25, 0.3) is 0 Å². The molecule has 1 aliphatic heterocycles. The number of hydrogen-bond donors (Lipinski definition) is 0. The van der Waals surface area contributed by atoms with Crippen molar-refractivity contribution in [1.29, 1.82) is 0 Å². The van der Waals surface area contributed by atoms with Crippen molar-refractivity contribution in [2.24, 2.45) is 0 Å². The van der Waals surface area contributed by atoms with Crippen LogP contribution in [0.5, 0.6) is 0 Å². The standard InChI is InChI=1S/C12H13FN2O5S/c1-2-20-12(17)11-9(4-3-5-14-11)15-7-8(6-10(15)16)21(13,18)19/h3-5,8H,2,6-7H2,1H3. The van der Waals surface area contributed by atoms with Gasteiger partial charge in [0.15, 0.2) is 5.69 Å². The minimum Gasteiger partial charge on any atom is -0.461 e. The molecular weight excluding hydrogens is 303 g/mol. The van der Waals surface area contributed by atoms with E-state index in [-0.39, 0.29) is 24.5 Å². The maximum absolute atomic E-state index is 13.0. The molecule has 1 amide bonds. The number of carbonyl (C=O) groups is 2. The van der Waals surface area contributed by atoms with Crippen LogP contribution in [0.2, 0.25) is 0 Å². The fourth-order valence-corrected chi connectivity index (χ4v) is 2.74. The van der Waals surface area contributed by atoms with Gasteiger partial charge < -0.3 is 9.64 Å². The van der Waals surface area contributed by atoms with Crippen molar-refractivity contribution in [3.8, 4) is 0 Å². The van der Waals surface area contributed by atoms with E-state index in [0.29, 0.717) is 0 Å². The van der Waals surface area contributed by atoms with Gasteiger partial charge in [-0.05, 0) is 19.1 Å². The molecular formula is C12H13FN2O5S. The van der Waals surface area contributed by atoms with Gasteiger partial charge in [0.2, 0.25) is 5.91 Å². The highest BCUT2D eigenvalue weighted by atomic mass is 32.3. The lowest BCUT2D eigenvalue weighted by atomic mass is 10.2. The van der Waals surface area contributed by atoms with Crippen molar-refractivity contribution in [1.82, 2.24) is 4.98 Å². The van der Waals surface area contributed by atoms with Crippen molar-refractivity contribution in [2.75, 3.05) is 18.1 Å². The van der Waals surface area contributed by atoms with Gasteiger partial charge in [0.05, 0.1) is 12.3 Å². The summed E-state index contributed by atoms with van der Waals surface area (Å²) in [7, 11) is -4.82. The number of esters is 1. The number of anilines is 1. The third kappa shape index (κ3) is 3.18. The molecule has 0 saturated carbocycles. The summed E-state index contributed by atoms with van der Waals surface area (Å²) >= 11 is 0. The first-order valence-corrected chi connectivity index (χ1v) is 7.65. The van der Waals surface area contributed by atoms with Gasteiger partial charge in [-0.3, -0.25) is 4.79 Å². The summed E-state index contributed by atoms with van der Waals surface area (Å²) in [6.45, 7) is 1.40. The zero-order valence-electron chi connectivity index (χ0n) is 11.2. The summed E-state index contributed by atoms with van der Waals surface area (Å²) in [5.74, 6) is -1.31. The monoisotopic (exact) mass is 316 g/mol. The lowest BCUT2D eigenvalue weighted by molar-refractivity contribution is -0.117. The van der Waals surface area contributed by atoms with E-state index in [9.17, 15) is 21.9 Å². The molecule has 114 valence electrons. The molecule has 1 fully saturated rings. The second kappa shape index (κ2) is 5.76. The molecule has 1 aliphatic rings. The van der Waals surface area contributed by atoms with E-state index in [2.05, 4.69) is 4.98 Å². The van der Waals surface area contributed by atoms with Crippen molar-refractivity contribution in [3.05, 3.63) is 24.0 Å². The van der Waals surface area contributed by atoms with Gasteiger partial charge in [-0.15, -0.1) is 3.89 Å². The van der Waals surface area contributed by atoms with Crippen molar-refractivity contribution < 1.29 is 26.6 Å². The summed E-state index contributed by atoms with van der Waals surface area (Å²) in [5.41, 5.74) is 0.0108. The molecule has 0 N–H and O–H groups in total. The Bertz CT molecular complexity index is 676. The predicted octanol–water partition coefficient (Wildman–Crippen LogP) is 0.663. The summed E-state index contributed by atoms with van der Waals surface area (Å²) in [4.78, 5) is 28.6. The highest BCUT2D eigenvalue weighted by molar-refractivity contribution is 7.87. The lowest BCUT2D eigenvalue weighted by Crippen LogP contribution is -2.29. The highest BCUT2D eigenvalue weighted by Gasteiger charge is 2.40. The molecule has 7 nitrogen and oxygen atoms in total. The van der Waals surface area contributed by atoms with Crippen LogP contribution in [0.3, 0.4) is 0 Å². The van der Waals surface area contributed by atoms with E-state index in [0.717, 1.165) is 4.90 Å². The summed E-state index contributed by atoms with van der Waals surface area (Å²) in [6.07, 6.45) is 0.885. The van der Waals surface area contributed by atoms with Crippen LogP contribution in [-0.2, 0) is 19.8 Å². The van der Waals surface area contributed by atoms with Crippen LogP contribution in [0.1, 0.15) is 23.8 Å². The van der Waals surface area contributed by atoms with Gasteiger partial charge in [-0.2, -0.15) is 8.42 Å². The molecule has 2 heterocycles. The Hall–Kier alpha value is -2.03. The van der Waals surface area contributed by atoms with E-state index in [4.69, 9.17) is 4.74 Å². The Labute approximate surface area is 120 Å². The van der Waals surface area contributed by atoms with Gasteiger partial charge in [0.25, 0.3) is 0 Å². The number of pyridine rings is 1. The van der Waals surface area contributed by atoms with Crippen LogP contribution in [0, 0.1) is 0 Å². The topological polar surface area (TPSA) is 93.6 Å². The zero-order chi connectivity index (χ0) is 15.6. The molecule has 0 aliphatic carbocycles. The van der Waals surface area contributed by atoms with Gasteiger partial charge in [-0.25, -0.2) is 9.78 Å². The first-order chi connectivity index (χ1) is 9.84. The third-order valence-corrected chi connectivity index (χ3v) is 4.15. The number of nitrogens with zero attached hydrogens (tertiary/aromatic N) is 2. The Balaban J connectivity index is 2.35. The Morgan fingerprint density at radius 2 is 2.29 bits per heavy atom. The summed E-state index contributed by atoms with van der Waals surface area (Å²) < 4.78 is 39.7. The zero-order valence-corrected chi connectivity index (χ0v) is 12.0. The molecule has 1 aromatic heterocycles. The Morgan fingerprint density at radius 1 is 1.57 bits per heavy atom. The van der Waals surface area contributed by atoms with E-state index in [1.807, 2.05) is 0 Å². The largest absolute Gasteiger partial charge is 0.461 e. The lowest BCUT2D eigenvalue weighted by Gasteiger charge is -2.18. The van der Waals surface area contributed by atoms with Gasteiger partial charge in [0, 0.05) is 19.2 Å². The molecule has 1 atom stereocenters. The quantitative estimate of drug-likeness (QED) is 0.598. The molecule has 0 aromatic carbocycles. The second-order valence-electron chi connectivity index (χ2n) is 4.40. The minimum atomic E-state index is -4.82. The number of carbonyl (C=O) groups excluding carboxylic acids is 2. The molecule has 1 unspecified atom stereocenters. The number of aromatic nitrogens is 1. The molecule has 21 heavy (non-hydrogen) atoms. The molecule has 1 saturated heterocycles. The Morgan fingerprint density at radius 3 is 2.86 bits per heavy atom. The van der Waals surface area contributed by atoms with Crippen LogP contribution in [0.15, 0.2) is 18.3 Å². The van der Waals surface area contributed by atoms with Gasteiger partial charge in [0.1, 0.15) is 5.25 Å². The molecule has 0 radical (unpaired) electrons. The number of amides is 1. The minimum absolute atomic E-state index is 0.107. The normalized spacial score (nSPS) is 18.9. The van der Waals surface area contributed by atoms with E-state index in [1.54, 1.807) is 6.92 Å². The van der Waals surface area contributed by atoms with Crippen LogP contribution >= 0.6 is 0 Å². The number of ether oxygens (including phenoxy) is 1. The molecule has 1 aromatic rings. The molecule has 0 spiro atoms. The maximum Gasteiger partial charge on any atom is 0.359 e. The number of halogens is 1. The van der Waals surface area contributed by atoms with Gasteiger partial charge in [-0.1, -0.05) is 0 Å².